The van der Waals surface area contributed by atoms with Crippen molar-refractivity contribution in [3.05, 3.63) is 11.3 Å². The van der Waals surface area contributed by atoms with Gasteiger partial charge in [-0.15, -0.1) is 0 Å². The number of thiocarbonyl (C=S) groups is 1. The van der Waals surface area contributed by atoms with Crippen molar-refractivity contribution in [2.75, 3.05) is 20.8 Å². The first-order valence-corrected chi connectivity index (χ1v) is 6.50. The van der Waals surface area contributed by atoms with Crippen LogP contribution in [0.3, 0.4) is 0 Å². The van der Waals surface area contributed by atoms with Crippen LogP contribution in [0.15, 0.2) is 11.3 Å². The summed E-state index contributed by atoms with van der Waals surface area (Å²) in [5.74, 6) is -1.82. The van der Waals surface area contributed by atoms with Crippen LogP contribution >= 0.6 is 12.2 Å². The molecule has 0 saturated carbocycles. The van der Waals surface area contributed by atoms with Crippen molar-refractivity contribution in [2.24, 2.45) is 11.8 Å². The minimum absolute atomic E-state index is 0.282. The number of rotatable bonds is 3. The van der Waals surface area contributed by atoms with E-state index in [1.165, 1.54) is 7.11 Å². The molecule has 1 aliphatic rings. The molecule has 2 atom stereocenters. The minimum atomic E-state index is -0.627. The Kier molecular flexibility index (Phi) is 5.05. The number of hydrogen-bond donors (Lipinski definition) is 0. The molecule has 0 aromatic rings. The summed E-state index contributed by atoms with van der Waals surface area (Å²) in [5.41, 5.74) is 1.18. The zero-order valence-corrected chi connectivity index (χ0v) is 12.7. The number of carbonyl (C=O) groups is 2. The van der Waals surface area contributed by atoms with Crippen molar-refractivity contribution in [1.82, 2.24) is 4.90 Å². The molecule has 106 valence electrons. The zero-order valence-electron chi connectivity index (χ0n) is 11.9. The molecule has 19 heavy (non-hydrogen) atoms. The Morgan fingerprint density at radius 3 is 2.47 bits per heavy atom. The molecule has 0 N–H and O–H groups in total. The summed E-state index contributed by atoms with van der Waals surface area (Å²) in [6.07, 6.45) is 0. The second-order valence-corrected chi connectivity index (χ2v) is 4.82. The van der Waals surface area contributed by atoms with E-state index >= 15 is 0 Å². The average Bonchev–Trinajstić information content (AvgIpc) is 2.36. The van der Waals surface area contributed by atoms with Crippen molar-refractivity contribution in [3.8, 4) is 0 Å². The van der Waals surface area contributed by atoms with Crippen LogP contribution < -0.4 is 0 Å². The highest BCUT2D eigenvalue weighted by Gasteiger charge is 2.42. The highest BCUT2D eigenvalue weighted by molar-refractivity contribution is 7.80. The highest BCUT2D eigenvalue weighted by atomic mass is 32.1. The van der Waals surface area contributed by atoms with Gasteiger partial charge in [-0.25, -0.2) is 4.79 Å². The third kappa shape index (κ3) is 2.78. The number of hydrogen-bond acceptors (Lipinski definition) is 5. The number of allylic oxidation sites excluding steroid dienone is 1. The third-order valence-electron chi connectivity index (χ3n) is 3.39. The molecular formula is C13H19NO4S. The Morgan fingerprint density at radius 1 is 1.42 bits per heavy atom. The van der Waals surface area contributed by atoms with Gasteiger partial charge in [-0.05, 0) is 13.8 Å². The molecule has 0 radical (unpaired) electrons. The van der Waals surface area contributed by atoms with Crippen molar-refractivity contribution in [2.45, 2.75) is 20.8 Å². The summed E-state index contributed by atoms with van der Waals surface area (Å²) < 4.78 is 9.82. The molecule has 1 aliphatic heterocycles. The standard InChI is InChI=1S/C13H19NO4S/c1-6-18-13(16)10-7(2)9(12(15)17-5)8(3)14(4)11(10)19/h7,10H,6H2,1-5H3/t7-,10+/m0/s1. The lowest BCUT2D eigenvalue weighted by molar-refractivity contribution is -0.147. The van der Waals surface area contributed by atoms with Crippen molar-refractivity contribution >= 4 is 29.1 Å². The van der Waals surface area contributed by atoms with Crippen LogP contribution in [0.1, 0.15) is 20.8 Å². The summed E-state index contributed by atoms with van der Waals surface area (Å²) in [4.78, 5) is 26.0. The molecule has 0 amide bonds. The van der Waals surface area contributed by atoms with Gasteiger partial charge in [0.25, 0.3) is 0 Å². The Bertz CT molecular complexity index is 444. The zero-order chi connectivity index (χ0) is 14.7. The van der Waals surface area contributed by atoms with Crippen LogP contribution in [0.2, 0.25) is 0 Å². The molecule has 0 saturated heterocycles. The smallest absolute Gasteiger partial charge is 0.335 e. The van der Waals surface area contributed by atoms with E-state index in [2.05, 4.69) is 0 Å². The topological polar surface area (TPSA) is 55.8 Å². The van der Waals surface area contributed by atoms with E-state index in [0.717, 1.165) is 0 Å². The first-order chi connectivity index (χ1) is 8.86. The summed E-state index contributed by atoms with van der Waals surface area (Å²) in [7, 11) is 3.06. The molecule has 0 fully saturated rings. The lowest BCUT2D eigenvalue weighted by Gasteiger charge is -2.37. The fourth-order valence-electron chi connectivity index (χ4n) is 2.25. The predicted octanol–water partition coefficient (Wildman–Crippen LogP) is 1.52. The molecule has 5 nitrogen and oxygen atoms in total. The van der Waals surface area contributed by atoms with Gasteiger partial charge < -0.3 is 14.4 Å². The molecular weight excluding hydrogens is 266 g/mol. The van der Waals surface area contributed by atoms with E-state index in [-0.39, 0.29) is 12.5 Å². The molecule has 1 rings (SSSR count). The van der Waals surface area contributed by atoms with Gasteiger partial charge in [0.15, 0.2) is 0 Å². The first-order valence-electron chi connectivity index (χ1n) is 6.10. The molecule has 0 aliphatic carbocycles. The number of ether oxygens (including phenoxy) is 2. The van der Waals surface area contributed by atoms with Crippen molar-refractivity contribution in [1.29, 1.82) is 0 Å². The van der Waals surface area contributed by atoms with Gasteiger partial charge in [0.05, 0.1) is 24.3 Å². The minimum Gasteiger partial charge on any atom is -0.466 e. The summed E-state index contributed by atoms with van der Waals surface area (Å²) >= 11 is 5.31. The first kappa shape index (κ1) is 15.6. The lowest BCUT2D eigenvalue weighted by Crippen LogP contribution is -2.45. The molecule has 0 aromatic heterocycles. The van der Waals surface area contributed by atoms with Gasteiger partial charge in [0, 0.05) is 18.7 Å². The van der Waals surface area contributed by atoms with Crippen LogP contribution in [0.4, 0.5) is 0 Å². The van der Waals surface area contributed by atoms with E-state index in [1.807, 2.05) is 0 Å². The van der Waals surface area contributed by atoms with Gasteiger partial charge in [-0.3, -0.25) is 4.79 Å². The van der Waals surface area contributed by atoms with Crippen LogP contribution in [-0.4, -0.2) is 42.6 Å². The van der Waals surface area contributed by atoms with Crippen LogP contribution in [-0.2, 0) is 19.1 Å². The normalized spacial score (nSPS) is 23.4. The second-order valence-electron chi connectivity index (χ2n) is 4.41. The Morgan fingerprint density at radius 2 is 2.00 bits per heavy atom. The molecule has 0 bridgehead atoms. The largest absolute Gasteiger partial charge is 0.466 e. The fourth-order valence-corrected chi connectivity index (χ4v) is 2.68. The summed E-state index contributed by atoms with van der Waals surface area (Å²) in [6, 6.07) is 0. The lowest BCUT2D eigenvalue weighted by atomic mass is 9.82. The van der Waals surface area contributed by atoms with E-state index in [0.29, 0.717) is 16.3 Å². The van der Waals surface area contributed by atoms with Gasteiger partial charge in [0.2, 0.25) is 0 Å². The number of esters is 2. The Labute approximate surface area is 118 Å². The van der Waals surface area contributed by atoms with Crippen molar-refractivity contribution in [3.63, 3.8) is 0 Å². The third-order valence-corrected chi connectivity index (χ3v) is 3.92. The van der Waals surface area contributed by atoms with E-state index in [1.54, 1.807) is 32.7 Å². The maximum Gasteiger partial charge on any atom is 0.335 e. The van der Waals surface area contributed by atoms with Crippen LogP contribution in [0, 0.1) is 11.8 Å². The van der Waals surface area contributed by atoms with Crippen LogP contribution in [0.25, 0.3) is 0 Å². The molecule has 0 unspecified atom stereocenters. The summed E-state index contributed by atoms with van der Waals surface area (Å²) in [6.45, 7) is 5.60. The summed E-state index contributed by atoms with van der Waals surface area (Å²) in [5, 5.41) is 0. The van der Waals surface area contributed by atoms with Gasteiger partial charge >= 0.3 is 11.9 Å². The number of nitrogens with zero attached hydrogens (tertiary/aromatic N) is 1. The molecule has 0 spiro atoms. The second kappa shape index (κ2) is 6.14. The molecule has 6 heteroatoms. The van der Waals surface area contributed by atoms with Gasteiger partial charge in [0.1, 0.15) is 5.92 Å². The van der Waals surface area contributed by atoms with Crippen LogP contribution in [0.5, 0.6) is 0 Å². The maximum atomic E-state index is 12.0. The van der Waals surface area contributed by atoms with Gasteiger partial charge in [-0.1, -0.05) is 19.1 Å². The maximum absolute atomic E-state index is 12.0. The predicted molar refractivity (Wildman–Crippen MR) is 74.4 cm³/mol. The monoisotopic (exact) mass is 285 g/mol. The number of carbonyl (C=O) groups excluding carboxylic acids is 2. The molecule has 0 aromatic carbocycles. The SMILES string of the molecule is CCOC(=O)[C@H]1C(=S)N(C)C(C)=C(C(=O)OC)[C@@H]1C. The van der Waals surface area contributed by atoms with E-state index in [4.69, 9.17) is 21.7 Å². The average molecular weight is 285 g/mol. The van der Waals surface area contributed by atoms with Gasteiger partial charge in [-0.2, -0.15) is 0 Å². The Hall–Kier alpha value is -1.43. The quantitative estimate of drug-likeness (QED) is 0.579. The van der Waals surface area contributed by atoms with Crippen molar-refractivity contribution < 1.29 is 19.1 Å². The number of methoxy groups -OCH3 is 1. The highest BCUT2D eigenvalue weighted by Crippen LogP contribution is 2.34. The fraction of sp³-hybridized carbons (Fsp3) is 0.615. The molecule has 1 heterocycles. The van der Waals surface area contributed by atoms with E-state index < -0.39 is 17.9 Å². The van der Waals surface area contributed by atoms with E-state index in [9.17, 15) is 9.59 Å². The Balaban J connectivity index is 3.23.